The van der Waals surface area contributed by atoms with Gasteiger partial charge in [0.15, 0.2) is 0 Å². The fraction of sp³-hybridized carbons (Fsp3) is 0.600. The van der Waals surface area contributed by atoms with Crippen LogP contribution in [0.2, 0.25) is 0 Å². The average Bonchev–Trinajstić information content (AvgIpc) is 1.62. The van der Waals surface area contributed by atoms with Gasteiger partial charge >= 0.3 is 0 Å². The summed E-state index contributed by atoms with van der Waals surface area (Å²) in [5, 5.41) is 0. The molecule has 0 aliphatic carbocycles. The summed E-state index contributed by atoms with van der Waals surface area (Å²) < 4.78 is 25.1. The maximum atomic E-state index is 10.3. The Hall–Kier alpha value is -0.350. The van der Waals surface area contributed by atoms with Gasteiger partial charge in [-0.2, -0.15) is 8.42 Å². The van der Waals surface area contributed by atoms with Crippen molar-refractivity contribution in [1.82, 2.24) is 0 Å². The molecule has 0 radical (unpaired) electrons. The zero-order chi connectivity index (χ0) is 7.49. The molecule has 0 aromatic heterocycles. The molecule has 0 bridgehead atoms. The van der Waals surface area contributed by atoms with Gasteiger partial charge in [-0.1, -0.05) is 6.08 Å². The first-order valence-electron chi connectivity index (χ1n) is 2.46. The van der Waals surface area contributed by atoms with Gasteiger partial charge in [-0.25, -0.2) is 0 Å². The van der Waals surface area contributed by atoms with Crippen molar-refractivity contribution in [2.45, 2.75) is 13.0 Å². The van der Waals surface area contributed by atoms with Crippen molar-refractivity contribution in [3.63, 3.8) is 0 Å². The summed E-state index contributed by atoms with van der Waals surface area (Å²) in [6.07, 6.45) is 1.99. The molecule has 0 aliphatic heterocycles. The average molecular weight is 150 g/mol. The predicted molar refractivity (Wildman–Crippen MR) is 35.6 cm³/mol. The molecule has 1 atom stereocenters. The first-order valence-corrected chi connectivity index (χ1v) is 4.28. The van der Waals surface area contributed by atoms with Crippen molar-refractivity contribution in [1.29, 1.82) is 0 Å². The highest BCUT2D eigenvalue weighted by Gasteiger charge is 2.04. The Kier molecular flexibility index (Phi) is 2.87. The normalized spacial score (nSPS) is 14.9. The number of hydrogen-bond acceptors (Lipinski definition) is 3. The zero-order valence-electron chi connectivity index (χ0n) is 5.49. The van der Waals surface area contributed by atoms with Gasteiger partial charge in [0, 0.05) is 0 Å². The molecule has 3 nitrogen and oxygen atoms in total. The lowest BCUT2D eigenvalue weighted by atomic mass is 10.4. The lowest BCUT2D eigenvalue weighted by Gasteiger charge is -2.02. The molecule has 0 amide bonds. The molecule has 54 valence electrons. The molecule has 0 N–H and O–H groups in total. The van der Waals surface area contributed by atoms with Gasteiger partial charge in [0.25, 0.3) is 10.1 Å². The Morgan fingerprint density at radius 3 is 2.22 bits per heavy atom. The largest absolute Gasteiger partial charge is 0.264 e. The van der Waals surface area contributed by atoms with E-state index in [1.165, 1.54) is 6.08 Å². The molecule has 0 aliphatic rings. The van der Waals surface area contributed by atoms with Crippen LogP contribution in [0, 0.1) is 0 Å². The number of hydrogen-bond donors (Lipinski definition) is 0. The molecule has 0 saturated heterocycles. The van der Waals surface area contributed by atoms with Gasteiger partial charge < -0.3 is 0 Å². The third kappa shape index (κ3) is 5.52. The van der Waals surface area contributed by atoms with E-state index in [1.807, 2.05) is 0 Å². The molecule has 0 spiro atoms. The van der Waals surface area contributed by atoms with Crippen molar-refractivity contribution >= 4 is 10.1 Å². The minimum Gasteiger partial charge on any atom is -0.263 e. The molecular formula is C5H10O3S. The lowest BCUT2D eigenvalue weighted by molar-refractivity contribution is 0.278. The van der Waals surface area contributed by atoms with Gasteiger partial charge in [-0.05, 0) is 6.92 Å². The highest BCUT2D eigenvalue weighted by molar-refractivity contribution is 7.86. The molecule has 0 aromatic carbocycles. The van der Waals surface area contributed by atoms with Gasteiger partial charge in [0.1, 0.15) is 0 Å². The second-order valence-corrected chi connectivity index (χ2v) is 3.34. The highest BCUT2D eigenvalue weighted by atomic mass is 32.2. The van der Waals surface area contributed by atoms with Gasteiger partial charge in [0.2, 0.25) is 0 Å². The Bertz CT molecular complexity index is 180. The van der Waals surface area contributed by atoms with Crippen LogP contribution in [0.4, 0.5) is 0 Å². The Balaban J connectivity index is 3.89. The molecule has 0 saturated carbocycles. The van der Waals surface area contributed by atoms with Gasteiger partial charge in [-0.15, -0.1) is 6.58 Å². The van der Waals surface area contributed by atoms with E-state index in [2.05, 4.69) is 10.8 Å². The standard InChI is InChI=1S/C5H10O3S/c1-4-5(2)8-9(3,6)7/h4-5H,1H2,2-3H3. The van der Waals surface area contributed by atoms with Crippen molar-refractivity contribution < 1.29 is 12.6 Å². The summed E-state index contributed by atoms with van der Waals surface area (Å²) in [4.78, 5) is 0. The Labute approximate surface area is 55.5 Å². The first-order chi connectivity index (χ1) is 3.95. The number of rotatable bonds is 3. The van der Waals surface area contributed by atoms with E-state index in [-0.39, 0.29) is 0 Å². The molecule has 4 heteroatoms. The lowest BCUT2D eigenvalue weighted by Crippen LogP contribution is -2.10. The van der Waals surface area contributed by atoms with Crippen LogP contribution in [0.5, 0.6) is 0 Å². The summed E-state index contributed by atoms with van der Waals surface area (Å²) in [5.74, 6) is 0. The molecule has 0 heterocycles. The van der Waals surface area contributed by atoms with E-state index < -0.39 is 16.2 Å². The summed E-state index contributed by atoms with van der Waals surface area (Å²) in [7, 11) is -3.31. The monoisotopic (exact) mass is 150 g/mol. The smallest absolute Gasteiger partial charge is 0.263 e. The summed E-state index contributed by atoms with van der Waals surface area (Å²) in [6.45, 7) is 4.96. The van der Waals surface area contributed by atoms with Crippen molar-refractivity contribution in [2.75, 3.05) is 6.26 Å². The predicted octanol–water partition coefficient (Wildman–Crippen LogP) is 0.537. The quantitative estimate of drug-likeness (QED) is 0.435. The fourth-order valence-electron chi connectivity index (χ4n) is 0.315. The second-order valence-electron chi connectivity index (χ2n) is 1.74. The maximum Gasteiger partial charge on any atom is 0.264 e. The van der Waals surface area contributed by atoms with Crippen LogP contribution in [-0.2, 0) is 14.3 Å². The SMILES string of the molecule is C=CC(C)OS(C)(=O)=O. The van der Waals surface area contributed by atoms with Crippen molar-refractivity contribution in [3.05, 3.63) is 12.7 Å². The van der Waals surface area contributed by atoms with E-state index in [0.29, 0.717) is 0 Å². The van der Waals surface area contributed by atoms with Crippen LogP contribution in [0.25, 0.3) is 0 Å². The van der Waals surface area contributed by atoms with E-state index >= 15 is 0 Å². The van der Waals surface area contributed by atoms with Crippen LogP contribution in [-0.4, -0.2) is 20.8 Å². The van der Waals surface area contributed by atoms with Gasteiger partial charge in [0.05, 0.1) is 12.4 Å². The third-order valence-corrected chi connectivity index (χ3v) is 1.31. The van der Waals surface area contributed by atoms with Crippen LogP contribution in [0.1, 0.15) is 6.92 Å². The molecule has 0 fully saturated rings. The fourth-order valence-corrected chi connectivity index (χ4v) is 0.945. The molecule has 1 unspecified atom stereocenters. The van der Waals surface area contributed by atoms with Crippen molar-refractivity contribution in [2.24, 2.45) is 0 Å². The van der Waals surface area contributed by atoms with E-state index in [1.54, 1.807) is 6.92 Å². The topological polar surface area (TPSA) is 43.4 Å². The highest BCUT2D eigenvalue weighted by Crippen LogP contribution is 1.95. The van der Waals surface area contributed by atoms with Crippen LogP contribution < -0.4 is 0 Å². The summed E-state index contributed by atoms with van der Waals surface area (Å²) >= 11 is 0. The second kappa shape index (κ2) is 2.98. The van der Waals surface area contributed by atoms with Crippen LogP contribution >= 0.6 is 0 Å². The molecule has 9 heavy (non-hydrogen) atoms. The molecular weight excluding hydrogens is 140 g/mol. The minimum absolute atomic E-state index is 0.431. The minimum atomic E-state index is -3.31. The van der Waals surface area contributed by atoms with Crippen LogP contribution in [0.3, 0.4) is 0 Å². The summed E-state index contributed by atoms with van der Waals surface area (Å²) in [6, 6.07) is 0. The zero-order valence-corrected chi connectivity index (χ0v) is 6.31. The van der Waals surface area contributed by atoms with Crippen molar-refractivity contribution in [3.8, 4) is 0 Å². The Morgan fingerprint density at radius 2 is 2.11 bits per heavy atom. The Morgan fingerprint density at radius 1 is 1.67 bits per heavy atom. The maximum absolute atomic E-state index is 10.3. The van der Waals surface area contributed by atoms with Gasteiger partial charge in [-0.3, -0.25) is 4.18 Å². The molecule has 0 rings (SSSR count). The van der Waals surface area contributed by atoms with Crippen LogP contribution in [0.15, 0.2) is 12.7 Å². The van der Waals surface area contributed by atoms with E-state index in [0.717, 1.165) is 6.26 Å². The summed E-state index contributed by atoms with van der Waals surface area (Å²) in [5.41, 5.74) is 0. The third-order valence-electron chi connectivity index (χ3n) is 0.659. The van der Waals surface area contributed by atoms with E-state index in [4.69, 9.17) is 0 Å². The van der Waals surface area contributed by atoms with E-state index in [9.17, 15) is 8.42 Å². The first kappa shape index (κ1) is 8.65. The molecule has 0 aromatic rings.